The van der Waals surface area contributed by atoms with Crippen molar-refractivity contribution in [2.75, 3.05) is 12.0 Å². The van der Waals surface area contributed by atoms with Crippen LogP contribution >= 0.6 is 11.8 Å². The molecular weight excluding hydrogens is 166 g/mol. The van der Waals surface area contributed by atoms with Gasteiger partial charge in [-0.25, -0.2) is 0 Å². The molecule has 0 aliphatic rings. The quantitative estimate of drug-likeness (QED) is 0.708. The lowest BCUT2D eigenvalue weighted by molar-refractivity contribution is 1.16. The lowest BCUT2D eigenvalue weighted by Gasteiger charge is -1.98. The Morgan fingerprint density at radius 3 is 2.50 bits per heavy atom. The van der Waals surface area contributed by atoms with Crippen molar-refractivity contribution in [3.05, 3.63) is 35.4 Å². The van der Waals surface area contributed by atoms with Crippen molar-refractivity contribution in [1.29, 1.82) is 5.26 Å². The van der Waals surface area contributed by atoms with E-state index in [2.05, 4.69) is 12.3 Å². The zero-order valence-corrected chi connectivity index (χ0v) is 7.90. The summed E-state index contributed by atoms with van der Waals surface area (Å²) in [5, 5.41) is 8.55. The summed E-state index contributed by atoms with van der Waals surface area (Å²) >= 11 is 1.84. The molecule has 0 radical (unpaired) electrons. The Morgan fingerprint density at radius 2 is 2.00 bits per heavy atom. The number of nitrogens with zero attached hydrogens (tertiary/aromatic N) is 1. The Hall–Kier alpha value is -0.940. The van der Waals surface area contributed by atoms with E-state index in [1.807, 2.05) is 36.0 Å². The van der Waals surface area contributed by atoms with E-state index in [1.165, 1.54) is 5.56 Å². The Morgan fingerprint density at radius 1 is 1.33 bits per heavy atom. The van der Waals surface area contributed by atoms with Gasteiger partial charge < -0.3 is 0 Å². The van der Waals surface area contributed by atoms with Gasteiger partial charge in [-0.15, -0.1) is 0 Å². The van der Waals surface area contributed by atoms with Crippen LogP contribution in [-0.2, 0) is 6.42 Å². The molecule has 62 valence electrons. The molecule has 0 spiro atoms. The van der Waals surface area contributed by atoms with E-state index in [4.69, 9.17) is 5.26 Å². The fourth-order valence-corrected chi connectivity index (χ4v) is 1.41. The first kappa shape index (κ1) is 9.15. The van der Waals surface area contributed by atoms with E-state index in [1.54, 1.807) is 0 Å². The van der Waals surface area contributed by atoms with Crippen LogP contribution < -0.4 is 0 Å². The van der Waals surface area contributed by atoms with Crippen molar-refractivity contribution in [2.24, 2.45) is 0 Å². The van der Waals surface area contributed by atoms with Gasteiger partial charge in [0.2, 0.25) is 0 Å². The van der Waals surface area contributed by atoms with Crippen LogP contribution in [0.2, 0.25) is 0 Å². The molecule has 0 saturated carbocycles. The predicted octanol–water partition coefficient (Wildman–Crippen LogP) is 2.46. The molecule has 0 amide bonds. The number of hydrogen-bond acceptors (Lipinski definition) is 2. The van der Waals surface area contributed by atoms with Crippen LogP contribution in [0.1, 0.15) is 11.1 Å². The molecule has 2 heteroatoms. The minimum absolute atomic E-state index is 0.739. The predicted molar refractivity (Wildman–Crippen MR) is 53.2 cm³/mol. The Balaban J connectivity index is 2.60. The highest BCUT2D eigenvalue weighted by Gasteiger charge is 1.92. The monoisotopic (exact) mass is 177 g/mol. The summed E-state index contributed by atoms with van der Waals surface area (Å²) in [5.41, 5.74) is 2.05. The minimum Gasteiger partial charge on any atom is -0.192 e. The van der Waals surface area contributed by atoms with Crippen LogP contribution in [0, 0.1) is 11.3 Å². The first-order valence-corrected chi connectivity index (χ1v) is 5.24. The second-order valence-corrected chi connectivity index (χ2v) is 3.54. The number of benzene rings is 1. The third-order valence-electron chi connectivity index (χ3n) is 1.68. The van der Waals surface area contributed by atoms with Gasteiger partial charge >= 0.3 is 0 Å². The second kappa shape index (κ2) is 4.84. The topological polar surface area (TPSA) is 23.8 Å². The maximum absolute atomic E-state index is 8.55. The Bertz CT molecular complexity index is 271. The largest absolute Gasteiger partial charge is 0.192 e. The van der Waals surface area contributed by atoms with Crippen molar-refractivity contribution in [3.63, 3.8) is 0 Å². The van der Waals surface area contributed by atoms with Gasteiger partial charge in [-0.2, -0.15) is 17.0 Å². The van der Waals surface area contributed by atoms with Gasteiger partial charge in [-0.05, 0) is 36.1 Å². The molecule has 0 heterocycles. The van der Waals surface area contributed by atoms with Crippen molar-refractivity contribution >= 4 is 11.8 Å². The molecule has 0 unspecified atom stereocenters. The summed E-state index contributed by atoms with van der Waals surface area (Å²) < 4.78 is 0. The third-order valence-corrected chi connectivity index (χ3v) is 2.29. The molecule has 0 saturated heterocycles. The maximum Gasteiger partial charge on any atom is 0.0991 e. The summed E-state index contributed by atoms with van der Waals surface area (Å²) in [6, 6.07) is 9.89. The highest BCUT2D eigenvalue weighted by atomic mass is 32.2. The Kier molecular flexibility index (Phi) is 3.69. The second-order valence-electron chi connectivity index (χ2n) is 2.55. The summed E-state index contributed by atoms with van der Waals surface area (Å²) in [5.74, 6) is 1.14. The van der Waals surface area contributed by atoms with Gasteiger partial charge in [0.15, 0.2) is 0 Å². The lowest BCUT2D eigenvalue weighted by Crippen LogP contribution is -1.87. The number of nitriles is 1. The molecule has 12 heavy (non-hydrogen) atoms. The number of aryl methyl sites for hydroxylation is 1. The summed E-state index contributed by atoms with van der Waals surface area (Å²) in [4.78, 5) is 0. The molecule has 0 bridgehead atoms. The van der Waals surface area contributed by atoms with Crippen molar-refractivity contribution < 1.29 is 0 Å². The molecule has 1 aromatic carbocycles. The Labute approximate surface area is 77.4 Å². The molecule has 0 atom stereocenters. The minimum atomic E-state index is 0.739. The van der Waals surface area contributed by atoms with Crippen molar-refractivity contribution in [3.8, 4) is 6.07 Å². The molecule has 1 rings (SSSR count). The smallest absolute Gasteiger partial charge is 0.0991 e. The molecule has 0 aromatic heterocycles. The molecule has 1 nitrogen and oxygen atoms in total. The van der Waals surface area contributed by atoms with Crippen LogP contribution in [-0.4, -0.2) is 12.0 Å². The van der Waals surface area contributed by atoms with E-state index in [0.29, 0.717) is 0 Å². The highest BCUT2D eigenvalue weighted by Crippen LogP contribution is 2.06. The normalized spacial score (nSPS) is 9.33. The van der Waals surface area contributed by atoms with E-state index in [-0.39, 0.29) is 0 Å². The van der Waals surface area contributed by atoms with E-state index >= 15 is 0 Å². The number of hydrogen-bond donors (Lipinski definition) is 0. The van der Waals surface area contributed by atoms with Crippen molar-refractivity contribution in [2.45, 2.75) is 6.42 Å². The van der Waals surface area contributed by atoms with Gasteiger partial charge in [0.25, 0.3) is 0 Å². The maximum atomic E-state index is 8.55. The highest BCUT2D eigenvalue weighted by molar-refractivity contribution is 7.98. The summed E-state index contributed by atoms with van der Waals surface area (Å²) in [6.07, 6.45) is 3.19. The van der Waals surface area contributed by atoms with Crippen LogP contribution in [0.25, 0.3) is 0 Å². The number of thioether (sulfide) groups is 1. The fraction of sp³-hybridized carbons (Fsp3) is 0.300. The zero-order chi connectivity index (χ0) is 8.81. The first-order valence-electron chi connectivity index (χ1n) is 3.85. The van der Waals surface area contributed by atoms with Gasteiger partial charge in [-0.3, -0.25) is 0 Å². The number of rotatable bonds is 3. The van der Waals surface area contributed by atoms with Crippen LogP contribution in [0.5, 0.6) is 0 Å². The van der Waals surface area contributed by atoms with Gasteiger partial charge in [0.1, 0.15) is 0 Å². The fourth-order valence-electron chi connectivity index (χ4n) is 0.966. The average molecular weight is 177 g/mol. The summed E-state index contributed by atoms with van der Waals surface area (Å²) in [6.45, 7) is 0. The molecule has 1 aromatic rings. The third kappa shape index (κ3) is 2.60. The van der Waals surface area contributed by atoms with Crippen molar-refractivity contribution in [1.82, 2.24) is 0 Å². The summed E-state index contributed by atoms with van der Waals surface area (Å²) in [7, 11) is 0. The lowest BCUT2D eigenvalue weighted by atomic mass is 10.1. The van der Waals surface area contributed by atoms with Crippen LogP contribution in [0.15, 0.2) is 24.3 Å². The average Bonchev–Trinajstić information content (AvgIpc) is 2.15. The zero-order valence-electron chi connectivity index (χ0n) is 7.08. The SMILES string of the molecule is CSCCc1ccc(C#N)cc1. The van der Waals surface area contributed by atoms with E-state index in [9.17, 15) is 0 Å². The molecule has 0 aliphatic heterocycles. The van der Waals surface area contributed by atoms with Crippen LogP contribution in [0.3, 0.4) is 0 Å². The standard InChI is InChI=1S/C10H11NS/c1-12-7-6-9-2-4-10(8-11)5-3-9/h2-5H,6-7H2,1H3. The molecular formula is C10H11NS. The van der Waals surface area contributed by atoms with E-state index < -0.39 is 0 Å². The molecule has 0 aliphatic carbocycles. The first-order chi connectivity index (χ1) is 5.86. The van der Waals surface area contributed by atoms with Crippen LogP contribution in [0.4, 0.5) is 0 Å². The van der Waals surface area contributed by atoms with E-state index in [0.717, 1.165) is 17.7 Å². The van der Waals surface area contributed by atoms with Gasteiger partial charge in [0.05, 0.1) is 11.6 Å². The molecule has 0 N–H and O–H groups in total. The van der Waals surface area contributed by atoms with Gasteiger partial charge in [-0.1, -0.05) is 12.1 Å². The molecule has 0 fully saturated rings. The van der Waals surface area contributed by atoms with Gasteiger partial charge in [0, 0.05) is 0 Å².